The van der Waals surface area contributed by atoms with Crippen molar-refractivity contribution >= 4 is 213 Å². The number of hydrogen-bond donors (Lipinski definition) is 2. The molecule has 2 atom stereocenters. The Kier molecular flexibility index (Phi) is 50.1. The van der Waals surface area contributed by atoms with E-state index in [9.17, 15) is 0 Å². The molecule has 112 heavy (non-hydrogen) atoms. The largest absolute Gasteiger partial charge is 0.361 e. The molecule has 0 spiro atoms. The molecule has 0 bridgehead atoms. The highest BCUT2D eigenvalue weighted by Gasteiger charge is 2.15. The Labute approximate surface area is 789 Å². The second-order valence-corrected chi connectivity index (χ2v) is 40.9. The van der Waals surface area contributed by atoms with Crippen LogP contribution in [0.2, 0.25) is 0 Å². The minimum absolute atomic E-state index is 0. The lowest BCUT2D eigenvalue weighted by molar-refractivity contribution is 0.310. The normalized spacial score (nSPS) is 11.6. The first kappa shape index (κ1) is 106. The van der Waals surface area contributed by atoms with E-state index in [0.29, 0.717) is 29.8 Å². The molecule has 11 rings (SSSR count). The predicted octanol–water partition coefficient (Wildman–Crippen LogP) is 27.7. The second-order valence-electron chi connectivity index (χ2n) is 32.0. The van der Waals surface area contributed by atoms with Gasteiger partial charge in [0.25, 0.3) is 0 Å². The van der Waals surface area contributed by atoms with Crippen LogP contribution in [0.3, 0.4) is 0 Å². The van der Waals surface area contributed by atoms with E-state index < -0.39 is 0 Å². The summed E-state index contributed by atoms with van der Waals surface area (Å²) >= 11 is 19.1. The first-order valence-corrected chi connectivity index (χ1v) is 47.1. The monoisotopic (exact) mass is 2420 g/mol. The molecule has 11 aromatic rings. The number of likely N-dealkylation sites (N-methyl/N-ethyl adjacent to an activating group) is 4. The second kappa shape index (κ2) is 52.9. The van der Waals surface area contributed by atoms with Crippen molar-refractivity contribution in [2.75, 3.05) is 69.5 Å². The van der Waals surface area contributed by atoms with Crippen LogP contribution in [-0.2, 0) is 52.6 Å². The predicted molar refractivity (Wildman–Crippen MR) is 563 cm³/mol. The van der Waals surface area contributed by atoms with Gasteiger partial charge >= 0.3 is 0 Å². The topological polar surface area (TPSA) is 80.2 Å². The molecule has 4 aromatic heterocycles. The van der Waals surface area contributed by atoms with Gasteiger partial charge in [0.1, 0.15) is 3.70 Å². The number of H-pyrrole nitrogens is 2. The zero-order valence-corrected chi connectivity index (χ0v) is 88.3. The lowest BCUT2D eigenvalue weighted by Gasteiger charge is -2.18. The Morgan fingerprint density at radius 2 is 1.03 bits per heavy atom. The van der Waals surface area contributed by atoms with Gasteiger partial charge in [0, 0.05) is 108 Å². The summed E-state index contributed by atoms with van der Waals surface area (Å²) in [6.07, 6.45) is 14.9. The van der Waals surface area contributed by atoms with Crippen molar-refractivity contribution in [1.29, 1.82) is 0 Å². The summed E-state index contributed by atoms with van der Waals surface area (Å²) in [5, 5.41) is 5.49. The molecule has 10 nitrogen and oxygen atoms in total. The first-order chi connectivity index (χ1) is 51.5. The number of imidazole rings is 2. The molecule has 0 radical (unpaired) electrons. The molecule has 0 fully saturated rings. The molecular formula is C94H136I8N10. The fourth-order valence-electron chi connectivity index (χ4n) is 11.6. The summed E-state index contributed by atoms with van der Waals surface area (Å²) in [5.74, 6) is 3.36. The van der Waals surface area contributed by atoms with E-state index in [1.54, 1.807) is 0 Å². The van der Waals surface area contributed by atoms with Crippen molar-refractivity contribution in [3.05, 3.63) is 241 Å². The number of halogens is 8. The van der Waals surface area contributed by atoms with Crippen LogP contribution >= 0.6 is 181 Å². The van der Waals surface area contributed by atoms with E-state index in [0.717, 1.165) is 54.4 Å². The summed E-state index contributed by atoms with van der Waals surface area (Å²) in [5.41, 5.74) is 21.9. The average Bonchev–Trinajstić information content (AvgIpc) is 1.58. The lowest BCUT2D eigenvalue weighted by atomic mass is 9.98. The Bertz CT molecular complexity index is 4550. The summed E-state index contributed by atoms with van der Waals surface area (Å²) in [4.78, 5) is 24.4. The van der Waals surface area contributed by atoms with Gasteiger partial charge in [-0.1, -0.05) is 151 Å². The number of nitrogens with zero attached hydrogens (tertiary/aromatic N) is 8. The first-order valence-electron chi connectivity index (χ1n) is 38.4. The van der Waals surface area contributed by atoms with Crippen molar-refractivity contribution in [3.8, 4) is 0 Å². The van der Waals surface area contributed by atoms with Crippen molar-refractivity contribution in [2.24, 2.45) is 25.9 Å². The highest BCUT2D eigenvalue weighted by Crippen LogP contribution is 2.30. The Morgan fingerprint density at radius 3 is 1.53 bits per heavy atom. The van der Waals surface area contributed by atoms with Crippen LogP contribution < -0.4 is 0 Å². The summed E-state index contributed by atoms with van der Waals surface area (Å²) in [7, 11) is 20.9. The molecule has 18 heteroatoms. The smallest absolute Gasteiger partial charge is 0.171 e. The Morgan fingerprint density at radius 1 is 0.455 bits per heavy atom. The number of benzene rings is 7. The number of aromatic amines is 2. The quantitative estimate of drug-likeness (QED) is 0.0786. The number of nitrogens with one attached hydrogen (secondary N) is 2. The molecule has 0 aliphatic rings. The Balaban J connectivity index is 0.000000435. The molecule has 7 aromatic carbocycles. The lowest BCUT2D eigenvalue weighted by Crippen LogP contribution is -2.27. The van der Waals surface area contributed by atoms with Gasteiger partial charge in [-0.15, -0.1) is 0 Å². The minimum atomic E-state index is 0. The van der Waals surface area contributed by atoms with E-state index in [1.807, 2.05) is 20.4 Å². The zero-order valence-electron chi connectivity index (χ0n) is 71.0. The van der Waals surface area contributed by atoms with E-state index in [4.69, 9.17) is 0 Å². The van der Waals surface area contributed by atoms with Crippen LogP contribution in [-0.4, -0.2) is 130 Å². The summed E-state index contributed by atoms with van der Waals surface area (Å²) in [6.45, 7) is 39.9. The van der Waals surface area contributed by atoms with Crippen LogP contribution in [0, 0.1) is 75.4 Å². The Hall–Kier alpha value is -2.02. The number of rotatable bonds is 19. The molecule has 618 valence electrons. The van der Waals surface area contributed by atoms with Crippen LogP contribution in [0.1, 0.15) is 194 Å². The maximum Gasteiger partial charge on any atom is 0.171 e. The number of aryl methyl sites for hydroxylation is 6. The summed E-state index contributed by atoms with van der Waals surface area (Å²) in [6, 6.07) is 41.4. The highest BCUT2D eigenvalue weighted by molar-refractivity contribution is 14.1. The molecule has 0 saturated carbocycles. The third kappa shape index (κ3) is 36.1. The zero-order chi connectivity index (χ0) is 82.7. The van der Waals surface area contributed by atoms with Crippen LogP contribution in [0.15, 0.2) is 134 Å². The van der Waals surface area contributed by atoms with Gasteiger partial charge in [-0.25, -0.2) is 9.97 Å². The van der Waals surface area contributed by atoms with Crippen LogP contribution in [0.4, 0.5) is 0 Å². The van der Waals surface area contributed by atoms with Gasteiger partial charge in [-0.05, 0) is 461 Å². The molecule has 0 saturated heterocycles. The molecule has 0 amide bonds. The van der Waals surface area contributed by atoms with Crippen molar-refractivity contribution in [3.63, 3.8) is 0 Å². The molecule has 4 heterocycles. The third-order valence-electron chi connectivity index (χ3n) is 19.3. The van der Waals surface area contributed by atoms with Crippen LogP contribution in [0.25, 0.3) is 32.6 Å². The third-order valence-corrected chi connectivity index (χ3v) is 28.3. The van der Waals surface area contributed by atoms with E-state index in [1.165, 1.54) is 149 Å². The number of fused-ring (bicyclic) bond motifs is 3. The highest BCUT2D eigenvalue weighted by atomic mass is 127. The fourth-order valence-corrected chi connectivity index (χ4v) is 17.2. The average molecular weight is 2420 g/mol. The fraction of sp³-hybridized carbons (Fsp3) is 0.468. The van der Waals surface area contributed by atoms with Gasteiger partial charge in [0.15, 0.2) is 3.83 Å². The van der Waals surface area contributed by atoms with E-state index in [-0.39, 0.29) is 14.9 Å². The van der Waals surface area contributed by atoms with Crippen molar-refractivity contribution < 1.29 is 0 Å². The van der Waals surface area contributed by atoms with Crippen molar-refractivity contribution in [2.45, 2.75) is 201 Å². The SMILES string of the molecule is C.C.CC(C)Cc1ccc(C(C)C)c(I)c1.CC(C)Cc1ccc(C(C)C)cc1I.C[C@H](Cc1cn(C)c(I)n1)N(C)C.C[C@H](Cc1ncn(C)c1I)N(C)C.Cc1cc(I)c2[nH]cc(CCN(C)C)c2c1.Cc1cc2c(CCN(C)C)c[nH]c2cc1I.Cc1ccc2cc(C(C)C)ccc2c1I.Cc1cccc(I)c1C. The number of hydrogen-bond acceptors (Lipinski definition) is 6. The van der Waals surface area contributed by atoms with Gasteiger partial charge in [0.2, 0.25) is 0 Å². The molecule has 2 N–H and O–H groups in total. The van der Waals surface area contributed by atoms with E-state index in [2.05, 4.69) is 531 Å². The molecule has 0 aliphatic heterocycles. The van der Waals surface area contributed by atoms with Gasteiger partial charge in [0.05, 0.1) is 23.2 Å². The molecule has 0 unspecified atom stereocenters. The van der Waals surface area contributed by atoms with Gasteiger partial charge in [-0.3, -0.25) is 0 Å². The standard InChI is InChI=1S/C14H15I.2C13H17IN2.2C13H19I.2C9H16IN3.C8H9I.2CH4/c1-9(2)11-6-7-13-12(8-11)5-4-10(3)14(13)15;1-9-6-11-10(4-5-16(2)3)8-15-13(11)7-12(9)14;1-9-6-11-10(4-5-16(2)3)8-15-13(11)12(14)7-9;1-9(2)7-12-6-5-11(10(3)4)8-13(12)14;1-9(2)7-11-5-6-12(10(3)4)13(14)8-11;1-7(12(2)3)5-8-9(10)13(4)6-11-8;1-7(12(2)3)5-8-6-13(4)9(10)11-8;1-6-4-3-5-8(9)7(6)2;;/h4-9H,1-3H3;2*6-8,15H,4-5H2,1-3H3;2*5-6,8-10H,7H2,1-4H3;2*6-7H,5H2,1-4H3;3-5H,1-2H3;2*1H4/t;;;;;2*7-;;;/m.....11.../s1. The van der Waals surface area contributed by atoms with Gasteiger partial charge < -0.3 is 38.7 Å². The molecular weight excluding hydrogens is 2280 g/mol. The maximum absolute atomic E-state index is 4.46. The minimum Gasteiger partial charge on any atom is -0.361 e. The summed E-state index contributed by atoms with van der Waals surface area (Å²) < 4.78 is 14.6. The van der Waals surface area contributed by atoms with E-state index >= 15 is 0 Å². The molecule has 0 aliphatic carbocycles. The van der Waals surface area contributed by atoms with Crippen molar-refractivity contribution in [1.82, 2.24) is 48.7 Å². The number of aromatic nitrogens is 6. The maximum atomic E-state index is 4.46. The van der Waals surface area contributed by atoms with Crippen LogP contribution in [0.5, 0.6) is 0 Å². The van der Waals surface area contributed by atoms with Gasteiger partial charge in [-0.2, -0.15) is 0 Å².